The second kappa shape index (κ2) is 10.3. The standard InChI is InChI=1S/C22H19Cl2N3O2S/c1-2-29-18-10-8-16(9-11-18)25-21(28)14-3-6-17(7-4-14)26-22(30)27-20-12-5-15(23)13-19(20)24/h3-13H,2H2,1H3,(H,25,28)(H2,26,27,30). The van der Waals surface area contributed by atoms with Gasteiger partial charge in [-0.25, -0.2) is 0 Å². The van der Waals surface area contributed by atoms with Crippen LogP contribution < -0.4 is 20.7 Å². The Morgan fingerprint density at radius 1 is 0.900 bits per heavy atom. The van der Waals surface area contributed by atoms with Crippen LogP contribution in [0.2, 0.25) is 10.0 Å². The molecule has 3 aromatic carbocycles. The van der Waals surface area contributed by atoms with Gasteiger partial charge in [-0.1, -0.05) is 23.2 Å². The summed E-state index contributed by atoms with van der Waals surface area (Å²) < 4.78 is 5.40. The van der Waals surface area contributed by atoms with E-state index in [0.717, 1.165) is 11.4 Å². The van der Waals surface area contributed by atoms with Crippen LogP contribution in [0, 0.1) is 0 Å². The number of nitrogens with one attached hydrogen (secondary N) is 3. The van der Waals surface area contributed by atoms with E-state index in [1.54, 1.807) is 54.6 Å². The third kappa shape index (κ3) is 6.10. The number of ether oxygens (including phenoxy) is 1. The first kappa shape index (κ1) is 21.9. The number of hydrogen-bond donors (Lipinski definition) is 3. The van der Waals surface area contributed by atoms with Crippen LogP contribution in [0.25, 0.3) is 0 Å². The van der Waals surface area contributed by atoms with Gasteiger partial charge in [-0.05, 0) is 85.9 Å². The molecule has 0 saturated carbocycles. The average Bonchev–Trinajstić information content (AvgIpc) is 2.72. The Balaban J connectivity index is 1.57. The largest absolute Gasteiger partial charge is 0.494 e. The molecule has 154 valence electrons. The highest BCUT2D eigenvalue weighted by molar-refractivity contribution is 7.80. The zero-order chi connectivity index (χ0) is 21.5. The molecule has 3 rings (SSSR count). The van der Waals surface area contributed by atoms with Crippen molar-refractivity contribution in [3.63, 3.8) is 0 Å². The van der Waals surface area contributed by atoms with Gasteiger partial charge in [-0.3, -0.25) is 4.79 Å². The van der Waals surface area contributed by atoms with Crippen molar-refractivity contribution >= 4 is 63.5 Å². The zero-order valence-electron chi connectivity index (χ0n) is 16.0. The van der Waals surface area contributed by atoms with E-state index >= 15 is 0 Å². The van der Waals surface area contributed by atoms with E-state index in [1.165, 1.54) is 0 Å². The van der Waals surface area contributed by atoms with Crippen molar-refractivity contribution in [2.45, 2.75) is 6.92 Å². The molecule has 0 saturated heterocycles. The molecule has 3 N–H and O–H groups in total. The van der Waals surface area contributed by atoms with Gasteiger partial charge >= 0.3 is 0 Å². The van der Waals surface area contributed by atoms with Gasteiger partial charge in [0.15, 0.2) is 5.11 Å². The molecular formula is C22H19Cl2N3O2S. The van der Waals surface area contributed by atoms with Crippen LogP contribution in [0.4, 0.5) is 17.1 Å². The normalized spacial score (nSPS) is 10.2. The predicted octanol–water partition coefficient (Wildman–Crippen LogP) is 6.45. The Morgan fingerprint density at radius 2 is 1.53 bits per heavy atom. The van der Waals surface area contributed by atoms with Crippen molar-refractivity contribution < 1.29 is 9.53 Å². The van der Waals surface area contributed by atoms with Crippen LogP contribution in [0.15, 0.2) is 66.7 Å². The lowest BCUT2D eigenvalue weighted by molar-refractivity contribution is 0.102. The summed E-state index contributed by atoms with van der Waals surface area (Å²) in [4.78, 5) is 12.4. The maximum atomic E-state index is 12.4. The summed E-state index contributed by atoms with van der Waals surface area (Å²) in [5, 5.41) is 10.3. The lowest BCUT2D eigenvalue weighted by Gasteiger charge is -2.12. The van der Waals surface area contributed by atoms with Gasteiger partial charge in [0.25, 0.3) is 5.91 Å². The molecule has 0 heterocycles. The summed E-state index contributed by atoms with van der Waals surface area (Å²) >= 11 is 17.3. The quantitative estimate of drug-likeness (QED) is 0.369. The lowest BCUT2D eigenvalue weighted by atomic mass is 10.2. The molecule has 1 amide bonds. The van der Waals surface area contributed by atoms with Crippen molar-refractivity contribution in [2.75, 3.05) is 22.6 Å². The van der Waals surface area contributed by atoms with Crippen molar-refractivity contribution in [3.05, 3.63) is 82.3 Å². The van der Waals surface area contributed by atoms with E-state index in [0.29, 0.717) is 38.7 Å². The van der Waals surface area contributed by atoms with Gasteiger partial charge in [0.2, 0.25) is 0 Å². The van der Waals surface area contributed by atoms with Crippen molar-refractivity contribution in [1.29, 1.82) is 0 Å². The first-order valence-electron chi connectivity index (χ1n) is 9.12. The Labute approximate surface area is 190 Å². The molecular weight excluding hydrogens is 441 g/mol. The van der Waals surface area contributed by atoms with Crippen LogP contribution in [0.1, 0.15) is 17.3 Å². The maximum absolute atomic E-state index is 12.4. The fourth-order valence-electron chi connectivity index (χ4n) is 2.58. The van der Waals surface area contributed by atoms with Crippen molar-refractivity contribution in [2.24, 2.45) is 0 Å². The van der Waals surface area contributed by atoms with Gasteiger partial charge in [-0.15, -0.1) is 0 Å². The Bertz CT molecular complexity index is 1040. The maximum Gasteiger partial charge on any atom is 0.255 e. The Hall–Kier alpha value is -2.80. The van der Waals surface area contributed by atoms with E-state index in [9.17, 15) is 4.79 Å². The third-order valence-corrected chi connectivity index (χ3v) is 4.76. The molecule has 0 aliphatic heterocycles. The van der Waals surface area contributed by atoms with E-state index in [4.69, 9.17) is 40.2 Å². The average molecular weight is 460 g/mol. The first-order valence-corrected chi connectivity index (χ1v) is 10.3. The lowest BCUT2D eigenvalue weighted by Crippen LogP contribution is -2.19. The van der Waals surface area contributed by atoms with E-state index in [1.807, 2.05) is 19.1 Å². The van der Waals surface area contributed by atoms with E-state index in [2.05, 4.69) is 16.0 Å². The molecule has 0 unspecified atom stereocenters. The third-order valence-electron chi connectivity index (χ3n) is 4.01. The molecule has 5 nitrogen and oxygen atoms in total. The molecule has 0 aliphatic rings. The second-order valence-corrected chi connectivity index (χ2v) is 7.44. The van der Waals surface area contributed by atoms with Crippen LogP contribution in [0.5, 0.6) is 5.75 Å². The van der Waals surface area contributed by atoms with Crippen LogP contribution in [-0.2, 0) is 0 Å². The van der Waals surface area contributed by atoms with Crippen LogP contribution in [-0.4, -0.2) is 17.6 Å². The van der Waals surface area contributed by atoms with Crippen molar-refractivity contribution in [3.8, 4) is 5.75 Å². The molecule has 0 fully saturated rings. The molecule has 0 atom stereocenters. The number of carbonyl (C=O) groups is 1. The SMILES string of the molecule is CCOc1ccc(NC(=O)c2ccc(NC(=S)Nc3ccc(Cl)cc3Cl)cc2)cc1. The predicted molar refractivity (Wildman–Crippen MR) is 128 cm³/mol. The number of anilines is 3. The number of benzene rings is 3. The first-order chi connectivity index (χ1) is 14.4. The number of amides is 1. The fraction of sp³-hybridized carbons (Fsp3) is 0.0909. The number of thiocarbonyl (C=S) groups is 1. The van der Waals surface area contributed by atoms with Gasteiger partial charge in [-0.2, -0.15) is 0 Å². The summed E-state index contributed by atoms with van der Waals surface area (Å²) in [5.74, 6) is 0.551. The minimum atomic E-state index is -0.209. The highest BCUT2D eigenvalue weighted by Gasteiger charge is 2.08. The minimum Gasteiger partial charge on any atom is -0.494 e. The van der Waals surface area contributed by atoms with E-state index < -0.39 is 0 Å². The summed E-state index contributed by atoms with van der Waals surface area (Å²) in [6, 6.07) is 19.3. The summed E-state index contributed by atoms with van der Waals surface area (Å²) in [6.45, 7) is 2.52. The minimum absolute atomic E-state index is 0.209. The van der Waals surface area contributed by atoms with Crippen molar-refractivity contribution in [1.82, 2.24) is 0 Å². The molecule has 0 radical (unpaired) electrons. The highest BCUT2D eigenvalue weighted by atomic mass is 35.5. The second-order valence-electron chi connectivity index (χ2n) is 6.19. The Morgan fingerprint density at radius 3 is 2.17 bits per heavy atom. The van der Waals surface area contributed by atoms with Gasteiger partial charge in [0.1, 0.15) is 5.75 Å². The molecule has 30 heavy (non-hydrogen) atoms. The molecule has 3 aromatic rings. The van der Waals surface area contributed by atoms with Gasteiger partial charge < -0.3 is 20.7 Å². The van der Waals surface area contributed by atoms with Crippen LogP contribution >= 0.6 is 35.4 Å². The topological polar surface area (TPSA) is 62.4 Å². The van der Waals surface area contributed by atoms with E-state index in [-0.39, 0.29) is 5.91 Å². The number of hydrogen-bond acceptors (Lipinski definition) is 3. The molecule has 8 heteroatoms. The Kier molecular flexibility index (Phi) is 7.52. The molecule has 0 aliphatic carbocycles. The molecule has 0 spiro atoms. The van der Waals surface area contributed by atoms with Gasteiger partial charge in [0.05, 0.1) is 17.3 Å². The number of carbonyl (C=O) groups excluding carboxylic acids is 1. The van der Waals surface area contributed by atoms with Gasteiger partial charge in [0, 0.05) is 22.0 Å². The fourth-order valence-corrected chi connectivity index (χ4v) is 3.27. The summed E-state index contributed by atoms with van der Waals surface area (Å²) in [5.41, 5.74) is 2.59. The highest BCUT2D eigenvalue weighted by Crippen LogP contribution is 2.25. The van der Waals surface area contributed by atoms with Crippen LogP contribution in [0.3, 0.4) is 0 Å². The smallest absolute Gasteiger partial charge is 0.255 e. The number of rotatable bonds is 6. The molecule has 0 aromatic heterocycles. The molecule has 0 bridgehead atoms. The number of halogens is 2. The monoisotopic (exact) mass is 459 g/mol. The summed E-state index contributed by atoms with van der Waals surface area (Å²) in [6.07, 6.45) is 0. The zero-order valence-corrected chi connectivity index (χ0v) is 18.4. The summed E-state index contributed by atoms with van der Waals surface area (Å²) in [7, 11) is 0.